The maximum absolute atomic E-state index is 13.8. The van der Waals surface area contributed by atoms with E-state index in [0.29, 0.717) is 6.42 Å². The second-order valence-corrected chi connectivity index (χ2v) is 15.8. The van der Waals surface area contributed by atoms with Crippen LogP contribution in [0.2, 0.25) is 0 Å². The summed E-state index contributed by atoms with van der Waals surface area (Å²) in [6, 6.07) is 30.6. The molecule has 1 amide bonds. The standard InChI is InChI=1S/C47H47N3O11/c1-3-27(2)24-39-41(52)42(53)43(60-39)50-23-21-40(51)49(46(50)56)22-20-38(48-45(55)58-25-36-32-16-8-4-12-28(32)29-13-5-9-17-33(29)36)44(54)61-47(57)59-26-37-34-18-10-6-14-30(34)31-15-7-11-19-35(31)37/h4-19,21,23,27,36-39,41-43,52-53H,3,20,22,24-26H2,1-2H3,(H,48,55)/t27?,38?,39-,41-,42-,43-/m1/s1. The van der Waals surface area contributed by atoms with E-state index in [2.05, 4.69) is 5.32 Å². The van der Waals surface area contributed by atoms with E-state index in [1.54, 1.807) is 0 Å². The zero-order valence-corrected chi connectivity index (χ0v) is 33.7. The number of esters is 1. The van der Waals surface area contributed by atoms with Crippen LogP contribution >= 0.6 is 0 Å². The minimum absolute atomic E-state index is 0.0789. The monoisotopic (exact) mass is 829 g/mol. The van der Waals surface area contributed by atoms with E-state index in [-0.39, 0.29) is 31.0 Å². The number of alkyl carbamates (subject to hydrolysis) is 1. The first-order valence-corrected chi connectivity index (χ1v) is 20.6. The zero-order chi connectivity index (χ0) is 42.8. The van der Waals surface area contributed by atoms with Gasteiger partial charge in [-0.15, -0.1) is 0 Å². The van der Waals surface area contributed by atoms with Crippen molar-refractivity contribution in [1.29, 1.82) is 0 Å². The number of nitrogens with one attached hydrogen (secondary N) is 1. The first kappa shape index (κ1) is 41.4. The molecule has 14 nitrogen and oxygen atoms in total. The van der Waals surface area contributed by atoms with Crippen LogP contribution < -0.4 is 16.6 Å². The zero-order valence-electron chi connectivity index (χ0n) is 33.7. The Balaban J connectivity index is 0.985. The van der Waals surface area contributed by atoms with Gasteiger partial charge < -0.3 is 34.5 Å². The van der Waals surface area contributed by atoms with E-state index in [1.165, 1.54) is 6.20 Å². The number of aliphatic hydroxyl groups excluding tert-OH is 2. The second kappa shape index (κ2) is 17.7. The lowest BCUT2D eigenvalue weighted by molar-refractivity contribution is -0.142. The van der Waals surface area contributed by atoms with Gasteiger partial charge >= 0.3 is 23.9 Å². The smallest absolute Gasteiger partial charge is 0.449 e. The van der Waals surface area contributed by atoms with E-state index in [9.17, 15) is 34.2 Å². The summed E-state index contributed by atoms with van der Waals surface area (Å²) < 4.78 is 24.1. The summed E-state index contributed by atoms with van der Waals surface area (Å²) in [5.41, 5.74) is 6.27. The molecule has 3 aliphatic rings. The third kappa shape index (κ3) is 8.26. The molecule has 6 atom stereocenters. The van der Waals surface area contributed by atoms with Gasteiger partial charge in [0, 0.05) is 30.6 Å². The molecule has 0 bridgehead atoms. The average molecular weight is 830 g/mol. The molecule has 0 radical (unpaired) electrons. The molecular formula is C47H47N3O11. The average Bonchev–Trinajstić information content (AvgIpc) is 3.87. The molecule has 5 aromatic rings. The Morgan fingerprint density at radius 1 is 0.738 bits per heavy atom. The lowest BCUT2D eigenvalue weighted by Crippen LogP contribution is -2.47. The molecule has 1 saturated heterocycles. The molecule has 3 N–H and O–H groups in total. The number of rotatable bonds is 13. The number of nitrogens with zero attached hydrogens (tertiary/aromatic N) is 2. The number of aliphatic hydroxyl groups is 2. The third-order valence-electron chi connectivity index (χ3n) is 12.1. The lowest BCUT2D eigenvalue weighted by Gasteiger charge is -2.21. The van der Waals surface area contributed by atoms with Crippen molar-refractivity contribution in [2.24, 2.45) is 5.92 Å². The Hall–Kier alpha value is -6.35. The molecule has 2 heterocycles. The van der Waals surface area contributed by atoms with Gasteiger partial charge in [0.05, 0.1) is 6.10 Å². The van der Waals surface area contributed by atoms with Gasteiger partial charge in [-0.1, -0.05) is 117 Å². The Kier molecular flexibility index (Phi) is 12.0. The van der Waals surface area contributed by atoms with Crippen molar-refractivity contribution in [2.45, 2.75) is 82.1 Å². The third-order valence-corrected chi connectivity index (χ3v) is 12.1. The van der Waals surface area contributed by atoms with Gasteiger partial charge in [-0.2, -0.15) is 0 Å². The number of benzene rings is 4. The van der Waals surface area contributed by atoms with Crippen molar-refractivity contribution in [3.8, 4) is 22.3 Å². The summed E-state index contributed by atoms with van der Waals surface area (Å²) in [6.45, 7) is 3.32. The molecule has 0 spiro atoms. The van der Waals surface area contributed by atoms with Crippen molar-refractivity contribution in [1.82, 2.24) is 14.5 Å². The van der Waals surface area contributed by atoms with Crippen LogP contribution in [0.15, 0.2) is 119 Å². The fraction of sp³-hybridized carbons (Fsp3) is 0.340. The normalized spacial score (nSPS) is 19.9. The Bertz CT molecular complexity index is 2480. The van der Waals surface area contributed by atoms with Gasteiger partial charge in [-0.3, -0.25) is 13.9 Å². The van der Waals surface area contributed by atoms with Gasteiger partial charge in [0.2, 0.25) is 0 Å². The predicted molar refractivity (Wildman–Crippen MR) is 223 cm³/mol. The number of hydrogen-bond acceptors (Lipinski definition) is 11. The van der Waals surface area contributed by atoms with Gasteiger partial charge in [0.1, 0.15) is 31.5 Å². The highest BCUT2D eigenvalue weighted by Crippen LogP contribution is 2.45. The minimum atomic E-state index is -1.59. The SMILES string of the molecule is CCC(C)C[C@H]1O[C@@H](n2ccc(=O)n(CCC(NC(=O)OCC3c4ccccc4-c4ccccc43)C(=O)OC(=O)OCC3c4ccccc4-c4ccccc43)c2=O)[C@H](O)[C@@H]1O. The molecule has 4 aromatic carbocycles. The summed E-state index contributed by atoms with van der Waals surface area (Å²) in [5, 5.41) is 24.1. The first-order valence-electron chi connectivity index (χ1n) is 20.6. The molecule has 1 fully saturated rings. The van der Waals surface area contributed by atoms with Crippen LogP contribution in [0.4, 0.5) is 9.59 Å². The molecule has 316 valence electrons. The molecule has 2 unspecified atom stereocenters. The largest absolute Gasteiger partial charge is 0.516 e. The van der Waals surface area contributed by atoms with Crippen LogP contribution in [0, 0.1) is 5.92 Å². The molecular weight excluding hydrogens is 783 g/mol. The van der Waals surface area contributed by atoms with E-state index >= 15 is 0 Å². The molecule has 1 aromatic heterocycles. The van der Waals surface area contributed by atoms with Crippen LogP contribution in [0.3, 0.4) is 0 Å². The Morgan fingerprint density at radius 3 is 1.77 bits per heavy atom. The minimum Gasteiger partial charge on any atom is -0.449 e. The van der Waals surface area contributed by atoms with Gasteiger partial charge in [0.25, 0.3) is 5.56 Å². The summed E-state index contributed by atoms with van der Waals surface area (Å²) in [7, 11) is 0. The molecule has 8 rings (SSSR count). The van der Waals surface area contributed by atoms with E-state index in [1.807, 2.05) is 111 Å². The topological polar surface area (TPSA) is 185 Å². The predicted octanol–water partition coefficient (Wildman–Crippen LogP) is 5.86. The summed E-state index contributed by atoms with van der Waals surface area (Å²) in [4.78, 5) is 67.2. The van der Waals surface area contributed by atoms with Crippen molar-refractivity contribution < 1.29 is 43.5 Å². The number of amides is 1. The molecule has 61 heavy (non-hydrogen) atoms. The summed E-state index contributed by atoms with van der Waals surface area (Å²) >= 11 is 0. The van der Waals surface area contributed by atoms with Crippen molar-refractivity contribution >= 4 is 18.2 Å². The van der Waals surface area contributed by atoms with Gasteiger partial charge in [-0.05, 0) is 63.3 Å². The Morgan fingerprint density at radius 2 is 1.25 bits per heavy atom. The maximum Gasteiger partial charge on any atom is 0.516 e. The van der Waals surface area contributed by atoms with Gasteiger partial charge in [0.15, 0.2) is 6.23 Å². The van der Waals surface area contributed by atoms with Gasteiger partial charge in [-0.25, -0.2) is 19.2 Å². The number of ether oxygens (including phenoxy) is 4. The summed E-state index contributed by atoms with van der Waals surface area (Å²) in [5.74, 6) is -1.64. The fourth-order valence-corrected chi connectivity index (χ4v) is 8.71. The molecule has 14 heteroatoms. The van der Waals surface area contributed by atoms with Crippen LogP contribution in [0.25, 0.3) is 22.3 Å². The van der Waals surface area contributed by atoms with Crippen molar-refractivity contribution in [3.63, 3.8) is 0 Å². The number of hydrogen-bond donors (Lipinski definition) is 3. The first-order chi connectivity index (χ1) is 29.5. The van der Waals surface area contributed by atoms with Crippen LogP contribution in [0.5, 0.6) is 0 Å². The van der Waals surface area contributed by atoms with E-state index in [0.717, 1.165) is 66.1 Å². The molecule has 2 aliphatic carbocycles. The second-order valence-electron chi connectivity index (χ2n) is 15.8. The lowest BCUT2D eigenvalue weighted by atomic mass is 9.97. The quantitative estimate of drug-likeness (QED) is 0.0955. The highest BCUT2D eigenvalue weighted by atomic mass is 16.7. The van der Waals surface area contributed by atoms with Crippen LogP contribution in [0.1, 0.15) is 73.4 Å². The Labute approximate surface area is 351 Å². The van der Waals surface area contributed by atoms with Crippen LogP contribution in [-0.4, -0.2) is 75.1 Å². The summed E-state index contributed by atoms with van der Waals surface area (Å²) in [6.07, 6.45) is -5.06. The number of carbonyl (C=O) groups excluding carboxylic acids is 3. The number of fused-ring (bicyclic) bond motifs is 6. The van der Waals surface area contributed by atoms with Crippen molar-refractivity contribution in [3.05, 3.63) is 152 Å². The molecule has 1 aliphatic heterocycles. The number of carbonyl (C=O) groups is 3. The maximum atomic E-state index is 13.8. The van der Waals surface area contributed by atoms with E-state index < -0.39 is 73.0 Å². The van der Waals surface area contributed by atoms with Crippen molar-refractivity contribution in [2.75, 3.05) is 13.2 Å². The highest BCUT2D eigenvalue weighted by Gasteiger charge is 2.44. The highest BCUT2D eigenvalue weighted by molar-refractivity contribution is 5.88. The fourth-order valence-electron chi connectivity index (χ4n) is 8.71. The van der Waals surface area contributed by atoms with E-state index in [4.69, 9.17) is 18.9 Å². The number of aromatic nitrogens is 2. The molecule has 0 saturated carbocycles. The van der Waals surface area contributed by atoms with Crippen LogP contribution in [-0.2, 0) is 30.3 Å².